The molecule has 8 heteroatoms. The first-order valence-electron chi connectivity index (χ1n) is 7.70. The first kappa shape index (κ1) is 16.9. The van der Waals surface area contributed by atoms with Crippen molar-refractivity contribution in [3.8, 4) is 0 Å². The van der Waals surface area contributed by atoms with Crippen LogP contribution in [0.4, 0.5) is 28.4 Å². The molecule has 0 saturated carbocycles. The van der Waals surface area contributed by atoms with Gasteiger partial charge >= 0.3 is 0 Å². The minimum Gasteiger partial charge on any atom is -0.260 e. The highest BCUT2D eigenvalue weighted by atomic mass is 16.6. The number of anilines is 1. The summed E-state index contributed by atoms with van der Waals surface area (Å²) in [6, 6.07) is 22.5. The molecule has 0 aliphatic carbocycles. The van der Waals surface area contributed by atoms with Gasteiger partial charge in [-0.15, -0.1) is 15.3 Å². The molecule has 3 aromatic rings. The Hall–Kier alpha value is -3.94. The van der Waals surface area contributed by atoms with Gasteiger partial charge in [0.05, 0.1) is 10.6 Å². The lowest BCUT2D eigenvalue weighted by atomic mass is 10.3. The number of hydrogen-bond donors (Lipinski definition) is 1. The zero-order chi connectivity index (χ0) is 18.2. The molecule has 128 valence electrons. The van der Waals surface area contributed by atoms with Gasteiger partial charge in [-0.1, -0.05) is 47.7 Å². The largest absolute Gasteiger partial charge is 0.296 e. The topological polar surface area (TPSA) is 105 Å². The van der Waals surface area contributed by atoms with E-state index in [1.165, 1.54) is 12.1 Å². The number of rotatable bonds is 6. The van der Waals surface area contributed by atoms with Crippen LogP contribution in [-0.2, 0) is 0 Å². The van der Waals surface area contributed by atoms with Crippen molar-refractivity contribution in [3.63, 3.8) is 0 Å². The number of para-hydroxylation sites is 2. The second-order valence-corrected chi connectivity index (χ2v) is 5.11. The first-order chi connectivity index (χ1) is 12.7. The normalized spacial score (nSPS) is 11.1. The zero-order valence-electron chi connectivity index (χ0n) is 13.6. The van der Waals surface area contributed by atoms with Crippen molar-refractivity contribution in [3.05, 3.63) is 89.0 Å². The van der Waals surface area contributed by atoms with Crippen LogP contribution >= 0.6 is 0 Å². The molecule has 0 fully saturated rings. The van der Waals surface area contributed by atoms with Gasteiger partial charge in [-0.05, 0) is 30.3 Å². The molecule has 8 nitrogen and oxygen atoms in total. The van der Waals surface area contributed by atoms with E-state index in [2.05, 4.69) is 26.0 Å². The molecule has 1 N–H and O–H groups in total. The Morgan fingerprint density at radius 1 is 0.692 bits per heavy atom. The quantitative estimate of drug-likeness (QED) is 0.330. The Morgan fingerprint density at radius 2 is 1.23 bits per heavy atom. The van der Waals surface area contributed by atoms with Crippen LogP contribution in [0.3, 0.4) is 0 Å². The molecule has 0 saturated heterocycles. The summed E-state index contributed by atoms with van der Waals surface area (Å²) in [5, 5.41) is 27.1. The molecule has 0 bridgehead atoms. The number of benzene rings is 3. The minimum atomic E-state index is -0.496. The highest BCUT2D eigenvalue weighted by molar-refractivity contribution is 5.62. The molecule has 26 heavy (non-hydrogen) atoms. The highest BCUT2D eigenvalue weighted by Gasteiger charge is 2.11. The fourth-order valence-electron chi connectivity index (χ4n) is 2.09. The molecule has 0 aromatic heterocycles. The van der Waals surface area contributed by atoms with Crippen molar-refractivity contribution in [1.82, 2.24) is 0 Å². The van der Waals surface area contributed by atoms with Gasteiger partial charge in [-0.3, -0.25) is 15.5 Å². The Labute approximate surface area is 149 Å². The van der Waals surface area contributed by atoms with Crippen LogP contribution in [0.1, 0.15) is 0 Å². The molecule has 0 amide bonds. The van der Waals surface area contributed by atoms with Crippen molar-refractivity contribution in [2.24, 2.45) is 20.6 Å². The third-order valence-corrected chi connectivity index (χ3v) is 3.34. The molecule has 0 aliphatic heterocycles. The second kappa shape index (κ2) is 8.25. The second-order valence-electron chi connectivity index (χ2n) is 5.11. The Kier molecular flexibility index (Phi) is 5.36. The molecule has 3 rings (SSSR count). The molecule has 0 aliphatic rings. The van der Waals surface area contributed by atoms with Gasteiger partial charge in [0.15, 0.2) is 5.69 Å². The third kappa shape index (κ3) is 4.32. The number of azo groups is 1. The summed E-state index contributed by atoms with van der Waals surface area (Å²) >= 11 is 0. The summed E-state index contributed by atoms with van der Waals surface area (Å²) in [4.78, 5) is 10.5. The van der Waals surface area contributed by atoms with Crippen molar-refractivity contribution in [1.29, 1.82) is 0 Å². The van der Waals surface area contributed by atoms with E-state index in [1.807, 2.05) is 30.3 Å². The fourth-order valence-corrected chi connectivity index (χ4v) is 2.09. The van der Waals surface area contributed by atoms with Crippen LogP contribution in [0.15, 0.2) is 99.4 Å². The molecule has 3 aromatic carbocycles. The maximum Gasteiger partial charge on any atom is 0.296 e. The molecule has 0 spiro atoms. The number of hydrogen-bond acceptors (Lipinski definition) is 6. The molecule has 0 atom stereocenters. The van der Waals surface area contributed by atoms with Crippen LogP contribution in [0.2, 0.25) is 0 Å². The SMILES string of the molecule is O=[N+]([O-])c1ccccc1/N=N/c1ccccc1/N=N/Nc1ccccc1. The average molecular weight is 346 g/mol. The minimum absolute atomic E-state index is 0.110. The number of nitro benzene ring substituents is 1. The predicted molar refractivity (Wildman–Crippen MR) is 98.3 cm³/mol. The van der Waals surface area contributed by atoms with Gasteiger partial charge in [-0.2, -0.15) is 0 Å². The number of nitrogens with one attached hydrogen (secondary N) is 1. The van der Waals surface area contributed by atoms with Crippen molar-refractivity contribution in [2.45, 2.75) is 0 Å². The molecule has 0 heterocycles. The molecular formula is C18H14N6O2. The average Bonchev–Trinajstić information content (AvgIpc) is 2.68. The van der Waals surface area contributed by atoms with E-state index < -0.39 is 4.92 Å². The lowest BCUT2D eigenvalue weighted by molar-refractivity contribution is -0.384. The summed E-state index contributed by atoms with van der Waals surface area (Å²) in [6.45, 7) is 0. The smallest absolute Gasteiger partial charge is 0.260 e. The monoisotopic (exact) mass is 346 g/mol. The summed E-state index contributed by atoms with van der Waals surface area (Å²) in [5.41, 5.74) is 4.61. The van der Waals surface area contributed by atoms with E-state index in [1.54, 1.807) is 36.4 Å². The number of nitro groups is 1. The van der Waals surface area contributed by atoms with E-state index in [0.29, 0.717) is 11.4 Å². The van der Waals surface area contributed by atoms with E-state index in [4.69, 9.17) is 0 Å². The van der Waals surface area contributed by atoms with Gasteiger partial charge in [0.25, 0.3) is 5.69 Å². The summed E-state index contributed by atoms with van der Waals surface area (Å²) < 4.78 is 0. The van der Waals surface area contributed by atoms with Crippen molar-refractivity contribution < 1.29 is 4.92 Å². The maximum absolute atomic E-state index is 11.0. The molecule has 0 radical (unpaired) electrons. The van der Waals surface area contributed by atoms with Crippen LogP contribution in [0.5, 0.6) is 0 Å². The fraction of sp³-hybridized carbons (Fsp3) is 0. The van der Waals surface area contributed by atoms with Crippen LogP contribution in [-0.4, -0.2) is 4.92 Å². The first-order valence-corrected chi connectivity index (χ1v) is 7.70. The Morgan fingerprint density at radius 3 is 1.92 bits per heavy atom. The maximum atomic E-state index is 11.0. The number of nitrogens with zero attached hydrogens (tertiary/aromatic N) is 5. The summed E-state index contributed by atoms with van der Waals surface area (Å²) in [5.74, 6) is 0. The summed E-state index contributed by atoms with van der Waals surface area (Å²) in [7, 11) is 0. The lowest BCUT2D eigenvalue weighted by Gasteiger charge is -2.00. The van der Waals surface area contributed by atoms with Gasteiger partial charge in [-0.25, -0.2) is 0 Å². The van der Waals surface area contributed by atoms with Crippen LogP contribution in [0, 0.1) is 10.1 Å². The van der Waals surface area contributed by atoms with Gasteiger partial charge in [0.2, 0.25) is 0 Å². The Bertz CT molecular complexity index is 957. The van der Waals surface area contributed by atoms with Crippen LogP contribution in [0.25, 0.3) is 0 Å². The van der Waals surface area contributed by atoms with Gasteiger partial charge in [0, 0.05) is 6.07 Å². The standard InChI is InChI=1S/C18H14N6O2/c25-24(26)18-13-7-6-12-17(18)21-20-15-10-4-5-11-16(15)22-23-19-14-8-2-1-3-9-14/h1-13H,(H,19,22)/b21-20+. The van der Waals surface area contributed by atoms with Gasteiger partial charge in [0.1, 0.15) is 11.4 Å². The zero-order valence-corrected chi connectivity index (χ0v) is 13.6. The van der Waals surface area contributed by atoms with Gasteiger partial charge < -0.3 is 0 Å². The highest BCUT2D eigenvalue weighted by Crippen LogP contribution is 2.32. The van der Waals surface area contributed by atoms with Crippen molar-refractivity contribution in [2.75, 3.05) is 5.43 Å². The molecular weight excluding hydrogens is 332 g/mol. The van der Waals surface area contributed by atoms with E-state index >= 15 is 0 Å². The van der Waals surface area contributed by atoms with E-state index in [0.717, 1.165) is 5.69 Å². The van der Waals surface area contributed by atoms with Crippen molar-refractivity contribution >= 4 is 28.4 Å². The van der Waals surface area contributed by atoms with E-state index in [-0.39, 0.29) is 11.4 Å². The predicted octanol–water partition coefficient (Wildman–Crippen LogP) is 6.12. The van der Waals surface area contributed by atoms with Crippen LogP contribution < -0.4 is 5.43 Å². The van der Waals surface area contributed by atoms with E-state index in [9.17, 15) is 10.1 Å². The Balaban J connectivity index is 1.80. The molecule has 0 unspecified atom stereocenters. The summed E-state index contributed by atoms with van der Waals surface area (Å²) in [6.07, 6.45) is 0. The third-order valence-electron chi connectivity index (χ3n) is 3.34. The lowest BCUT2D eigenvalue weighted by Crippen LogP contribution is -1.87.